The summed E-state index contributed by atoms with van der Waals surface area (Å²) in [6.45, 7) is 4.28. The van der Waals surface area contributed by atoms with Crippen LogP contribution in [0.2, 0.25) is 0 Å². The molecule has 0 heterocycles. The first-order valence-electron chi connectivity index (χ1n) is 13.0. The highest BCUT2D eigenvalue weighted by atomic mass is 19.1. The maximum absolute atomic E-state index is 13.5. The van der Waals surface area contributed by atoms with Crippen LogP contribution in [0.1, 0.15) is 31.7 Å². The minimum Gasteiger partial charge on any atom is -0.457 e. The van der Waals surface area contributed by atoms with Crippen molar-refractivity contribution in [3.63, 3.8) is 0 Å². The van der Waals surface area contributed by atoms with Crippen LogP contribution < -0.4 is 18.9 Å². The van der Waals surface area contributed by atoms with E-state index < -0.39 is 0 Å². The summed E-state index contributed by atoms with van der Waals surface area (Å²) >= 11 is 0. The van der Waals surface area contributed by atoms with Crippen molar-refractivity contribution in [2.24, 2.45) is 0 Å². The van der Waals surface area contributed by atoms with Gasteiger partial charge in [0.15, 0.2) is 0 Å². The van der Waals surface area contributed by atoms with E-state index in [4.69, 9.17) is 18.9 Å². The Kier molecular flexibility index (Phi) is 8.26. The van der Waals surface area contributed by atoms with Gasteiger partial charge in [0.1, 0.15) is 57.6 Å². The molecule has 0 aliphatic heterocycles. The molecule has 0 aliphatic rings. The second kappa shape index (κ2) is 12.3. The van der Waals surface area contributed by atoms with Gasteiger partial charge in [-0.15, -0.1) is 0 Å². The molecule has 5 aromatic rings. The maximum Gasteiger partial charge on any atom is 0.134 e. The van der Waals surface area contributed by atoms with Crippen LogP contribution in [0.4, 0.5) is 8.78 Å². The van der Waals surface area contributed by atoms with Crippen molar-refractivity contribution >= 4 is 0 Å². The van der Waals surface area contributed by atoms with Gasteiger partial charge < -0.3 is 18.9 Å². The molecule has 0 bridgehead atoms. The van der Waals surface area contributed by atoms with Crippen molar-refractivity contribution in [2.45, 2.75) is 26.2 Å². The topological polar surface area (TPSA) is 36.9 Å². The fourth-order valence-electron chi connectivity index (χ4n) is 4.04. The summed E-state index contributed by atoms with van der Waals surface area (Å²) in [6.07, 6.45) is 0.948. The Labute approximate surface area is 232 Å². The van der Waals surface area contributed by atoms with E-state index >= 15 is 0 Å². The summed E-state index contributed by atoms with van der Waals surface area (Å²) in [6, 6.07) is 32.1. The van der Waals surface area contributed by atoms with Gasteiger partial charge in [-0.1, -0.05) is 32.0 Å². The first-order chi connectivity index (χ1) is 19.4. The number of hydrogen-bond acceptors (Lipinski definition) is 4. The molecule has 4 nitrogen and oxygen atoms in total. The second-order valence-corrected chi connectivity index (χ2v) is 9.27. The largest absolute Gasteiger partial charge is 0.457 e. The van der Waals surface area contributed by atoms with Crippen LogP contribution >= 0.6 is 0 Å². The molecule has 5 rings (SSSR count). The first kappa shape index (κ1) is 26.8. The van der Waals surface area contributed by atoms with Gasteiger partial charge in [0, 0.05) is 18.2 Å². The Morgan fingerprint density at radius 3 is 1.32 bits per heavy atom. The maximum atomic E-state index is 13.5. The van der Waals surface area contributed by atoms with Gasteiger partial charge in [0.2, 0.25) is 0 Å². The van der Waals surface area contributed by atoms with Gasteiger partial charge in [-0.2, -0.15) is 0 Å². The van der Waals surface area contributed by atoms with Gasteiger partial charge >= 0.3 is 0 Å². The number of ether oxygens (including phenoxy) is 4. The Morgan fingerprint density at radius 2 is 0.900 bits per heavy atom. The Morgan fingerprint density at radius 1 is 0.500 bits per heavy atom. The lowest BCUT2D eigenvalue weighted by atomic mass is 9.97. The zero-order valence-electron chi connectivity index (χ0n) is 22.1. The molecular formula is C34H28F2O4. The van der Waals surface area contributed by atoms with Gasteiger partial charge in [-0.3, -0.25) is 0 Å². The fourth-order valence-corrected chi connectivity index (χ4v) is 4.04. The molecule has 202 valence electrons. The van der Waals surface area contributed by atoms with E-state index in [1.165, 1.54) is 24.3 Å². The van der Waals surface area contributed by atoms with Crippen molar-refractivity contribution in [3.05, 3.63) is 132 Å². The van der Waals surface area contributed by atoms with Crippen LogP contribution in [-0.4, -0.2) is 0 Å². The lowest BCUT2D eigenvalue weighted by Crippen LogP contribution is -1.97. The molecule has 0 aromatic heterocycles. The van der Waals surface area contributed by atoms with Gasteiger partial charge in [-0.25, -0.2) is 8.78 Å². The Hall–Kier alpha value is -4.84. The smallest absolute Gasteiger partial charge is 0.134 e. The highest BCUT2D eigenvalue weighted by molar-refractivity contribution is 5.47. The van der Waals surface area contributed by atoms with Gasteiger partial charge in [-0.05, 0) is 96.8 Å². The van der Waals surface area contributed by atoms with E-state index in [9.17, 15) is 8.78 Å². The minimum absolute atomic E-state index is 0.277. The molecule has 1 unspecified atom stereocenters. The molecule has 5 aromatic carbocycles. The molecule has 0 saturated carbocycles. The predicted octanol–water partition coefficient (Wildman–Crippen LogP) is 10.6. The molecule has 0 radical (unpaired) electrons. The van der Waals surface area contributed by atoms with Crippen LogP contribution in [-0.2, 0) is 0 Å². The van der Waals surface area contributed by atoms with Crippen molar-refractivity contribution in [3.8, 4) is 46.0 Å². The second-order valence-electron chi connectivity index (χ2n) is 9.27. The molecule has 6 heteroatoms. The average Bonchev–Trinajstić information content (AvgIpc) is 2.95. The highest BCUT2D eigenvalue weighted by Crippen LogP contribution is 2.37. The van der Waals surface area contributed by atoms with Crippen molar-refractivity contribution in [1.29, 1.82) is 0 Å². The lowest BCUT2D eigenvalue weighted by Gasteiger charge is -2.17. The SMILES string of the molecule is CCC(C)c1ccc(Oc2ccc(Oc3cccc(F)c3)cc2)cc1Oc1ccc(Oc2cccc(F)c2)cc1. The molecule has 0 fully saturated rings. The van der Waals surface area contributed by atoms with Crippen LogP contribution in [0, 0.1) is 11.6 Å². The van der Waals surface area contributed by atoms with Crippen LogP contribution in [0.5, 0.6) is 46.0 Å². The molecule has 1 atom stereocenters. The zero-order valence-corrected chi connectivity index (χ0v) is 22.1. The number of benzene rings is 5. The number of hydrogen-bond donors (Lipinski definition) is 0. The van der Waals surface area contributed by atoms with Gasteiger partial charge in [0.25, 0.3) is 0 Å². The molecule has 0 aliphatic carbocycles. The quantitative estimate of drug-likeness (QED) is 0.177. The van der Waals surface area contributed by atoms with E-state index in [0.29, 0.717) is 46.0 Å². The summed E-state index contributed by atoms with van der Waals surface area (Å²) in [4.78, 5) is 0. The van der Waals surface area contributed by atoms with E-state index in [0.717, 1.165) is 12.0 Å². The minimum atomic E-state index is -0.357. The summed E-state index contributed by atoms with van der Waals surface area (Å²) in [5, 5.41) is 0. The molecule has 0 N–H and O–H groups in total. The zero-order chi connectivity index (χ0) is 27.9. The molecule has 0 saturated heterocycles. The predicted molar refractivity (Wildman–Crippen MR) is 151 cm³/mol. The van der Waals surface area contributed by atoms with Crippen LogP contribution in [0.15, 0.2) is 115 Å². The number of halogens is 2. The number of rotatable bonds is 10. The van der Waals surface area contributed by atoms with E-state index in [1.807, 2.05) is 18.2 Å². The standard InChI is InChI=1S/C34H28F2O4/c1-3-23(2)33-19-18-32(39-28-12-10-26(11-13-28)37-30-8-4-6-24(35)20-30)22-34(33)40-29-16-14-27(15-17-29)38-31-9-5-7-25(36)21-31/h4-23H,3H2,1-2H3. The molecule has 0 amide bonds. The van der Waals surface area contributed by atoms with Crippen molar-refractivity contribution in [1.82, 2.24) is 0 Å². The first-order valence-corrected chi connectivity index (χ1v) is 13.0. The Bertz CT molecular complexity index is 1570. The van der Waals surface area contributed by atoms with Crippen LogP contribution in [0.25, 0.3) is 0 Å². The third kappa shape index (κ3) is 6.97. The molecule has 40 heavy (non-hydrogen) atoms. The normalized spacial score (nSPS) is 11.5. The third-order valence-electron chi connectivity index (χ3n) is 6.30. The highest BCUT2D eigenvalue weighted by Gasteiger charge is 2.14. The summed E-state index contributed by atoms with van der Waals surface area (Å²) in [5.74, 6) is 4.11. The molecular weight excluding hydrogens is 510 g/mol. The average molecular weight is 539 g/mol. The van der Waals surface area contributed by atoms with Crippen LogP contribution in [0.3, 0.4) is 0 Å². The lowest BCUT2D eigenvalue weighted by molar-refractivity contribution is 0.447. The van der Waals surface area contributed by atoms with E-state index in [2.05, 4.69) is 13.8 Å². The van der Waals surface area contributed by atoms with E-state index in [1.54, 1.807) is 72.8 Å². The third-order valence-corrected chi connectivity index (χ3v) is 6.30. The van der Waals surface area contributed by atoms with Gasteiger partial charge in [0.05, 0.1) is 0 Å². The summed E-state index contributed by atoms with van der Waals surface area (Å²) < 4.78 is 50.7. The summed E-state index contributed by atoms with van der Waals surface area (Å²) in [7, 11) is 0. The van der Waals surface area contributed by atoms with Crippen molar-refractivity contribution in [2.75, 3.05) is 0 Å². The molecule has 0 spiro atoms. The monoisotopic (exact) mass is 538 g/mol. The van der Waals surface area contributed by atoms with E-state index in [-0.39, 0.29) is 17.6 Å². The Balaban J connectivity index is 1.29. The van der Waals surface area contributed by atoms with Crippen molar-refractivity contribution < 1.29 is 27.7 Å². The summed E-state index contributed by atoms with van der Waals surface area (Å²) in [5.41, 5.74) is 1.06. The fraction of sp³-hybridized carbons (Fsp3) is 0.118.